The predicted octanol–water partition coefficient (Wildman–Crippen LogP) is 3.32. The van der Waals surface area contributed by atoms with Crippen LogP contribution in [0.1, 0.15) is 35.8 Å². The molecule has 104 valence electrons. The van der Waals surface area contributed by atoms with Crippen LogP contribution in [0.15, 0.2) is 16.0 Å². The highest BCUT2D eigenvalue weighted by Crippen LogP contribution is 2.26. The third kappa shape index (κ3) is 3.43. The van der Waals surface area contributed by atoms with Gasteiger partial charge in [0.05, 0.1) is 33.1 Å². The van der Waals surface area contributed by atoms with Gasteiger partial charge < -0.3 is 5.32 Å². The van der Waals surface area contributed by atoms with Crippen LogP contribution in [-0.2, 0) is 13.0 Å². The fraction of sp³-hybridized carbons (Fsp3) is 0.538. The average Bonchev–Trinajstić information content (AvgIpc) is 2.94. The van der Waals surface area contributed by atoms with Crippen molar-refractivity contribution in [2.24, 2.45) is 0 Å². The van der Waals surface area contributed by atoms with Crippen LogP contribution in [0.2, 0.25) is 0 Å². The van der Waals surface area contributed by atoms with E-state index >= 15 is 0 Å². The molecule has 0 spiro atoms. The van der Waals surface area contributed by atoms with E-state index in [9.17, 15) is 0 Å². The summed E-state index contributed by atoms with van der Waals surface area (Å²) in [5.74, 6) is 0. The summed E-state index contributed by atoms with van der Waals surface area (Å²) in [4.78, 5) is 4.55. The van der Waals surface area contributed by atoms with E-state index in [1.54, 1.807) is 11.3 Å². The molecule has 4 nitrogen and oxygen atoms in total. The van der Waals surface area contributed by atoms with Gasteiger partial charge in [-0.05, 0) is 36.3 Å². The maximum Gasteiger partial charge on any atom is 0.0897 e. The quantitative estimate of drug-likeness (QED) is 0.875. The van der Waals surface area contributed by atoms with Crippen molar-refractivity contribution >= 4 is 27.3 Å². The van der Waals surface area contributed by atoms with E-state index in [4.69, 9.17) is 0 Å². The maximum atomic E-state index is 4.55. The molecule has 0 fully saturated rings. The molecule has 1 unspecified atom stereocenters. The maximum absolute atomic E-state index is 4.55. The number of hydrogen-bond donors (Lipinski definition) is 1. The van der Waals surface area contributed by atoms with Gasteiger partial charge in [-0.3, -0.25) is 4.68 Å². The number of nitrogens with zero attached hydrogens (tertiary/aromatic N) is 3. The topological polar surface area (TPSA) is 42.7 Å². The first kappa shape index (κ1) is 14.7. The van der Waals surface area contributed by atoms with Crippen molar-refractivity contribution in [2.45, 2.75) is 39.3 Å². The Labute approximate surface area is 126 Å². The van der Waals surface area contributed by atoms with Crippen LogP contribution in [-0.4, -0.2) is 21.8 Å². The van der Waals surface area contributed by atoms with Crippen molar-refractivity contribution in [3.8, 4) is 0 Å². The average molecular weight is 343 g/mol. The Hall–Kier alpha value is -0.720. The monoisotopic (exact) mass is 342 g/mol. The van der Waals surface area contributed by atoms with Gasteiger partial charge in [0, 0.05) is 18.3 Å². The van der Waals surface area contributed by atoms with E-state index in [0.29, 0.717) is 0 Å². The highest BCUT2D eigenvalue weighted by atomic mass is 79.9. The normalized spacial score (nSPS) is 12.8. The van der Waals surface area contributed by atoms with E-state index in [0.717, 1.165) is 34.6 Å². The summed E-state index contributed by atoms with van der Waals surface area (Å²) >= 11 is 5.31. The van der Waals surface area contributed by atoms with Crippen molar-refractivity contribution in [2.75, 3.05) is 7.05 Å². The molecule has 2 aromatic heterocycles. The second-order valence-corrected chi connectivity index (χ2v) is 6.42. The van der Waals surface area contributed by atoms with E-state index in [-0.39, 0.29) is 6.04 Å². The Morgan fingerprint density at radius 3 is 2.89 bits per heavy atom. The second-order valence-electron chi connectivity index (χ2n) is 4.50. The third-order valence-electron chi connectivity index (χ3n) is 3.03. The lowest BCUT2D eigenvalue weighted by atomic mass is 10.1. The molecule has 0 amide bonds. The van der Waals surface area contributed by atoms with Crippen LogP contribution >= 0.6 is 27.3 Å². The number of hydrogen-bond acceptors (Lipinski definition) is 4. The molecule has 0 saturated heterocycles. The lowest BCUT2D eigenvalue weighted by Gasteiger charge is -2.17. The van der Waals surface area contributed by atoms with Crippen molar-refractivity contribution in [1.82, 2.24) is 20.1 Å². The summed E-state index contributed by atoms with van der Waals surface area (Å²) in [5.41, 5.74) is 2.34. The number of aromatic nitrogens is 3. The summed E-state index contributed by atoms with van der Waals surface area (Å²) in [5, 5.41) is 11.1. The molecular weight excluding hydrogens is 324 g/mol. The van der Waals surface area contributed by atoms with Crippen LogP contribution in [0.3, 0.4) is 0 Å². The SMILES string of the molecule is CCCn1ncc(Br)c1C(Cc1csc(C)n1)NC. The minimum absolute atomic E-state index is 0.227. The number of rotatable bonds is 6. The van der Waals surface area contributed by atoms with Gasteiger partial charge in [0.1, 0.15) is 0 Å². The fourth-order valence-electron chi connectivity index (χ4n) is 2.15. The van der Waals surface area contributed by atoms with Crippen LogP contribution in [0, 0.1) is 6.92 Å². The smallest absolute Gasteiger partial charge is 0.0897 e. The highest BCUT2D eigenvalue weighted by molar-refractivity contribution is 9.10. The minimum atomic E-state index is 0.227. The Balaban J connectivity index is 2.23. The molecule has 0 radical (unpaired) electrons. The van der Waals surface area contributed by atoms with Crippen LogP contribution in [0.5, 0.6) is 0 Å². The van der Waals surface area contributed by atoms with Crippen molar-refractivity contribution in [3.05, 3.63) is 32.4 Å². The van der Waals surface area contributed by atoms with Gasteiger partial charge in [0.15, 0.2) is 0 Å². The molecule has 0 aliphatic heterocycles. The standard InChI is InChI=1S/C13H19BrN4S/c1-4-5-18-13(11(14)7-16-18)12(15-3)6-10-8-19-9(2)17-10/h7-8,12,15H,4-6H2,1-3H3. The first-order chi connectivity index (χ1) is 9.15. The van der Waals surface area contributed by atoms with Gasteiger partial charge in [0.2, 0.25) is 0 Å². The molecule has 2 rings (SSSR count). The second kappa shape index (κ2) is 6.63. The third-order valence-corrected chi connectivity index (χ3v) is 4.46. The molecule has 1 atom stereocenters. The minimum Gasteiger partial charge on any atom is -0.311 e. The number of nitrogens with one attached hydrogen (secondary N) is 1. The van der Waals surface area contributed by atoms with E-state index in [2.05, 4.69) is 48.3 Å². The Bertz CT molecular complexity index is 534. The van der Waals surface area contributed by atoms with Gasteiger partial charge >= 0.3 is 0 Å². The number of aryl methyl sites for hydroxylation is 2. The van der Waals surface area contributed by atoms with Crippen molar-refractivity contribution in [1.29, 1.82) is 0 Å². The van der Waals surface area contributed by atoms with Crippen LogP contribution < -0.4 is 5.32 Å². The summed E-state index contributed by atoms with van der Waals surface area (Å²) < 4.78 is 3.14. The molecule has 19 heavy (non-hydrogen) atoms. The van der Waals surface area contributed by atoms with E-state index < -0.39 is 0 Å². The molecule has 0 aliphatic rings. The number of thiazole rings is 1. The van der Waals surface area contributed by atoms with Crippen LogP contribution in [0.25, 0.3) is 0 Å². The van der Waals surface area contributed by atoms with Crippen molar-refractivity contribution in [3.63, 3.8) is 0 Å². The molecule has 6 heteroatoms. The Kier molecular flexibility index (Phi) is 5.13. The summed E-state index contributed by atoms with van der Waals surface area (Å²) in [6, 6.07) is 0.227. The molecule has 2 heterocycles. The lowest BCUT2D eigenvalue weighted by molar-refractivity contribution is 0.492. The van der Waals surface area contributed by atoms with Crippen molar-refractivity contribution < 1.29 is 0 Å². The number of halogens is 1. The fourth-order valence-corrected chi connectivity index (χ4v) is 3.35. The summed E-state index contributed by atoms with van der Waals surface area (Å²) in [7, 11) is 1.99. The van der Waals surface area contributed by atoms with Gasteiger partial charge in [0.25, 0.3) is 0 Å². The Morgan fingerprint density at radius 2 is 2.32 bits per heavy atom. The van der Waals surface area contributed by atoms with Gasteiger partial charge in [-0.1, -0.05) is 6.92 Å². The molecule has 0 aromatic carbocycles. The number of likely N-dealkylation sites (N-methyl/N-ethyl adjacent to an activating group) is 1. The van der Waals surface area contributed by atoms with E-state index in [1.165, 1.54) is 5.69 Å². The molecule has 2 aromatic rings. The highest BCUT2D eigenvalue weighted by Gasteiger charge is 2.19. The van der Waals surface area contributed by atoms with Gasteiger partial charge in [-0.2, -0.15) is 5.10 Å². The lowest BCUT2D eigenvalue weighted by Crippen LogP contribution is -2.23. The molecule has 0 saturated carbocycles. The molecule has 1 N–H and O–H groups in total. The molecular formula is C13H19BrN4S. The zero-order valence-electron chi connectivity index (χ0n) is 11.5. The first-order valence-corrected chi connectivity index (χ1v) is 8.12. The molecule has 0 aliphatic carbocycles. The van der Waals surface area contributed by atoms with Gasteiger partial charge in [-0.15, -0.1) is 11.3 Å². The summed E-state index contributed by atoms with van der Waals surface area (Å²) in [6.45, 7) is 5.15. The predicted molar refractivity (Wildman–Crippen MR) is 82.6 cm³/mol. The van der Waals surface area contributed by atoms with E-state index in [1.807, 2.05) is 20.2 Å². The van der Waals surface area contributed by atoms with Gasteiger partial charge in [-0.25, -0.2) is 4.98 Å². The molecule has 0 bridgehead atoms. The summed E-state index contributed by atoms with van der Waals surface area (Å²) in [6.07, 6.45) is 3.84. The zero-order chi connectivity index (χ0) is 13.8. The first-order valence-electron chi connectivity index (χ1n) is 6.45. The zero-order valence-corrected chi connectivity index (χ0v) is 13.9. The Morgan fingerprint density at radius 1 is 1.53 bits per heavy atom. The largest absolute Gasteiger partial charge is 0.311 e. The van der Waals surface area contributed by atoms with Crippen LogP contribution in [0.4, 0.5) is 0 Å².